The van der Waals surface area contributed by atoms with E-state index in [2.05, 4.69) is 26.0 Å². The van der Waals surface area contributed by atoms with Gasteiger partial charge in [-0.05, 0) is 45.7 Å². The zero-order valence-electron chi connectivity index (χ0n) is 16.4. The summed E-state index contributed by atoms with van der Waals surface area (Å²) < 4.78 is 47.6. The molecule has 0 aliphatic carbocycles. The average Bonchev–Trinajstić information content (AvgIpc) is 2.58. The fraction of sp³-hybridized carbons (Fsp3) is 0.579. The van der Waals surface area contributed by atoms with Crippen LogP contribution in [0.15, 0.2) is 22.7 Å². The molecule has 6 nitrogen and oxygen atoms in total. The summed E-state index contributed by atoms with van der Waals surface area (Å²) in [4.78, 5) is 26.2. The van der Waals surface area contributed by atoms with E-state index in [9.17, 15) is 22.8 Å². The number of piperidine rings is 1. The third-order valence-electron chi connectivity index (χ3n) is 4.15. The lowest BCUT2D eigenvalue weighted by molar-refractivity contribution is -0.274. The fourth-order valence-electron chi connectivity index (χ4n) is 2.90. The molecule has 1 aliphatic heterocycles. The molecule has 1 aromatic rings. The van der Waals surface area contributed by atoms with E-state index in [1.165, 1.54) is 17.0 Å². The highest BCUT2D eigenvalue weighted by molar-refractivity contribution is 9.10. The number of nitrogens with zero attached hydrogens (tertiary/aromatic N) is 1. The van der Waals surface area contributed by atoms with Gasteiger partial charge in [0.2, 0.25) is 5.91 Å². The van der Waals surface area contributed by atoms with E-state index >= 15 is 0 Å². The van der Waals surface area contributed by atoms with Gasteiger partial charge in [0.05, 0.1) is 5.92 Å². The van der Waals surface area contributed by atoms with Gasteiger partial charge in [-0.15, -0.1) is 13.2 Å². The van der Waals surface area contributed by atoms with Gasteiger partial charge in [0, 0.05) is 29.7 Å². The molecule has 0 radical (unpaired) electrons. The van der Waals surface area contributed by atoms with Crippen molar-refractivity contribution in [2.45, 2.75) is 52.1 Å². The van der Waals surface area contributed by atoms with Crippen LogP contribution < -0.4 is 10.1 Å². The summed E-state index contributed by atoms with van der Waals surface area (Å²) >= 11 is 3.10. The molecule has 10 heteroatoms. The Balaban J connectivity index is 1.98. The molecule has 1 atom stereocenters. The molecule has 162 valence electrons. The molecule has 2 rings (SSSR count). The van der Waals surface area contributed by atoms with Crippen LogP contribution in [0.25, 0.3) is 0 Å². The maximum absolute atomic E-state index is 12.6. The lowest BCUT2D eigenvalue weighted by Crippen LogP contribution is -2.46. The number of carbonyl (C=O) groups excluding carboxylic acids is 2. The van der Waals surface area contributed by atoms with Crippen LogP contribution in [-0.4, -0.2) is 42.0 Å². The van der Waals surface area contributed by atoms with Gasteiger partial charge in [-0.1, -0.05) is 22.0 Å². The lowest BCUT2D eigenvalue weighted by Gasteiger charge is -2.33. The van der Waals surface area contributed by atoms with Gasteiger partial charge >= 0.3 is 12.5 Å². The molecule has 1 aliphatic rings. The molecule has 0 unspecified atom stereocenters. The summed E-state index contributed by atoms with van der Waals surface area (Å²) in [6, 6.07) is 4.20. The molecule has 2 amide bonds. The number of benzene rings is 1. The maximum atomic E-state index is 12.6. The van der Waals surface area contributed by atoms with Gasteiger partial charge in [-0.3, -0.25) is 4.79 Å². The Morgan fingerprint density at radius 3 is 2.59 bits per heavy atom. The van der Waals surface area contributed by atoms with Crippen molar-refractivity contribution in [3.8, 4) is 5.75 Å². The summed E-state index contributed by atoms with van der Waals surface area (Å²) in [5, 5.41) is 2.64. The Morgan fingerprint density at radius 2 is 1.97 bits per heavy atom. The van der Waals surface area contributed by atoms with Crippen LogP contribution in [0, 0.1) is 5.92 Å². The number of alkyl halides is 3. The first-order valence-electron chi connectivity index (χ1n) is 9.14. The van der Waals surface area contributed by atoms with E-state index < -0.39 is 24.0 Å². The molecular formula is C19H24BrF3N2O4. The molecule has 1 heterocycles. The molecular weight excluding hydrogens is 457 g/mol. The predicted octanol–water partition coefficient (Wildman–Crippen LogP) is 4.61. The molecule has 0 aromatic heterocycles. The van der Waals surface area contributed by atoms with Gasteiger partial charge in [0.15, 0.2) is 0 Å². The molecule has 1 N–H and O–H groups in total. The van der Waals surface area contributed by atoms with Crippen LogP contribution in [0.2, 0.25) is 0 Å². The highest BCUT2D eigenvalue weighted by Crippen LogP contribution is 2.29. The van der Waals surface area contributed by atoms with Crippen molar-refractivity contribution >= 4 is 27.9 Å². The third kappa shape index (κ3) is 7.75. The van der Waals surface area contributed by atoms with E-state index in [0.29, 0.717) is 23.9 Å². The van der Waals surface area contributed by atoms with E-state index in [0.717, 1.165) is 0 Å². The smallest absolute Gasteiger partial charge is 0.444 e. The van der Waals surface area contributed by atoms with Gasteiger partial charge in [-0.25, -0.2) is 4.79 Å². The molecule has 1 fully saturated rings. The summed E-state index contributed by atoms with van der Waals surface area (Å²) in [6.45, 7) is 5.86. The number of amides is 2. The lowest BCUT2D eigenvalue weighted by atomic mass is 9.97. The molecule has 29 heavy (non-hydrogen) atoms. The molecule has 0 spiro atoms. The van der Waals surface area contributed by atoms with Crippen LogP contribution in [0.5, 0.6) is 5.75 Å². The fourth-order valence-corrected chi connectivity index (χ4v) is 3.24. The van der Waals surface area contributed by atoms with Crippen molar-refractivity contribution in [2.75, 3.05) is 13.1 Å². The molecule has 0 bridgehead atoms. The van der Waals surface area contributed by atoms with Crippen LogP contribution in [0.3, 0.4) is 0 Å². The van der Waals surface area contributed by atoms with Crippen LogP contribution >= 0.6 is 15.9 Å². The zero-order valence-corrected chi connectivity index (χ0v) is 18.0. The van der Waals surface area contributed by atoms with Gasteiger partial charge in [0.1, 0.15) is 11.4 Å². The predicted molar refractivity (Wildman–Crippen MR) is 103 cm³/mol. The monoisotopic (exact) mass is 480 g/mol. The van der Waals surface area contributed by atoms with Gasteiger partial charge < -0.3 is 19.7 Å². The normalized spacial score (nSPS) is 17.6. The van der Waals surface area contributed by atoms with E-state index in [1.54, 1.807) is 26.8 Å². The second-order valence-electron chi connectivity index (χ2n) is 7.78. The van der Waals surface area contributed by atoms with Crippen molar-refractivity contribution in [1.82, 2.24) is 10.2 Å². The number of ether oxygens (including phenoxy) is 2. The Hall–Kier alpha value is -1.97. The average molecular weight is 481 g/mol. The molecule has 0 saturated carbocycles. The quantitative estimate of drug-likeness (QED) is 0.682. The first kappa shape index (κ1) is 23.3. The number of nitrogens with one attached hydrogen (secondary N) is 1. The number of likely N-dealkylation sites (tertiary alicyclic amines) is 1. The number of halogens is 4. The minimum atomic E-state index is -4.84. The number of hydrogen-bond acceptors (Lipinski definition) is 4. The summed E-state index contributed by atoms with van der Waals surface area (Å²) in [6.07, 6.45) is -4.10. The Morgan fingerprint density at radius 1 is 1.28 bits per heavy atom. The number of rotatable bonds is 4. The molecule has 1 aromatic carbocycles. The Bertz CT molecular complexity index is 750. The number of hydrogen-bond donors (Lipinski definition) is 1. The number of carbonyl (C=O) groups is 2. The highest BCUT2D eigenvalue weighted by atomic mass is 79.9. The third-order valence-corrected chi connectivity index (χ3v) is 4.65. The van der Waals surface area contributed by atoms with Crippen LogP contribution in [0.4, 0.5) is 18.0 Å². The first-order valence-corrected chi connectivity index (χ1v) is 9.93. The second-order valence-corrected chi connectivity index (χ2v) is 8.70. The van der Waals surface area contributed by atoms with E-state index in [-0.39, 0.29) is 30.3 Å². The minimum Gasteiger partial charge on any atom is -0.444 e. The maximum Gasteiger partial charge on any atom is 0.573 e. The largest absolute Gasteiger partial charge is 0.573 e. The van der Waals surface area contributed by atoms with Crippen molar-refractivity contribution in [3.63, 3.8) is 0 Å². The Kier molecular flexibility index (Phi) is 7.42. The SMILES string of the molecule is CC(C)(C)OC(=O)N1CCC[C@@H](C(=O)NCc2ccc(Br)cc2OC(F)(F)F)C1. The first-order chi connectivity index (χ1) is 13.3. The minimum absolute atomic E-state index is 0.125. The topological polar surface area (TPSA) is 67.9 Å². The van der Waals surface area contributed by atoms with Crippen LogP contribution in [0.1, 0.15) is 39.2 Å². The van der Waals surface area contributed by atoms with E-state index in [1.807, 2.05) is 0 Å². The van der Waals surface area contributed by atoms with Crippen molar-refractivity contribution in [3.05, 3.63) is 28.2 Å². The molecule has 1 saturated heterocycles. The highest BCUT2D eigenvalue weighted by Gasteiger charge is 2.33. The summed E-state index contributed by atoms with van der Waals surface area (Å²) in [5.41, 5.74) is -0.443. The Labute approximate surface area is 175 Å². The van der Waals surface area contributed by atoms with Crippen molar-refractivity contribution in [1.29, 1.82) is 0 Å². The van der Waals surface area contributed by atoms with Gasteiger partial charge in [0.25, 0.3) is 0 Å². The second kappa shape index (κ2) is 9.23. The van der Waals surface area contributed by atoms with Crippen molar-refractivity contribution < 1.29 is 32.2 Å². The van der Waals surface area contributed by atoms with Gasteiger partial charge in [-0.2, -0.15) is 0 Å². The summed E-state index contributed by atoms with van der Waals surface area (Å²) in [5.74, 6) is -1.18. The zero-order chi connectivity index (χ0) is 21.8. The van der Waals surface area contributed by atoms with Crippen molar-refractivity contribution in [2.24, 2.45) is 5.92 Å². The van der Waals surface area contributed by atoms with E-state index in [4.69, 9.17) is 4.74 Å². The van der Waals surface area contributed by atoms with Crippen LogP contribution in [-0.2, 0) is 16.1 Å². The summed E-state index contributed by atoms with van der Waals surface area (Å²) in [7, 11) is 0. The standard InChI is InChI=1S/C19H24BrF3N2O4/c1-18(2,3)29-17(27)25-8-4-5-13(11-25)16(26)24-10-12-6-7-14(20)9-15(12)28-19(21,22)23/h6-7,9,13H,4-5,8,10-11H2,1-3H3,(H,24,26)/t13-/m1/s1.